The summed E-state index contributed by atoms with van der Waals surface area (Å²) in [7, 11) is -2.52. The second-order valence-corrected chi connectivity index (χ2v) is 12.0. The quantitative estimate of drug-likeness (QED) is 0.416. The molecular weight excluding hydrogens is 549 g/mol. The van der Waals surface area contributed by atoms with Gasteiger partial charge in [-0.2, -0.15) is 0 Å². The minimum atomic E-state index is -2.52. The van der Waals surface area contributed by atoms with Crippen molar-refractivity contribution in [2.75, 3.05) is 31.1 Å². The van der Waals surface area contributed by atoms with E-state index in [-0.39, 0.29) is 24.6 Å². The fourth-order valence-corrected chi connectivity index (χ4v) is 6.89. The minimum Gasteiger partial charge on any atom is -0.369 e. The molecule has 1 aliphatic carbocycles. The summed E-state index contributed by atoms with van der Waals surface area (Å²) < 4.78 is 25.5. The Morgan fingerprint density at radius 3 is 2.42 bits per heavy atom. The molecule has 0 unspecified atom stereocenters. The number of anilines is 1. The number of amides is 1. The van der Waals surface area contributed by atoms with Crippen LogP contribution in [0.4, 0.5) is 5.69 Å². The van der Waals surface area contributed by atoms with Gasteiger partial charge in [0.2, 0.25) is 5.91 Å². The van der Waals surface area contributed by atoms with Crippen molar-refractivity contribution in [1.82, 2.24) is 19.8 Å². The Kier molecular flexibility index (Phi) is 7.95. The Morgan fingerprint density at radius 2 is 1.74 bits per heavy atom. The van der Waals surface area contributed by atoms with Crippen LogP contribution in [0.1, 0.15) is 31.2 Å². The van der Waals surface area contributed by atoms with E-state index >= 15 is 0 Å². The molecule has 5 rings (SSSR count). The van der Waals surface area contributed by atoms with Crippen molar-refractivity contribution in [3.63, 3.8) is 0 Å². The van der Waals surface area contributed by atoms with E-state index in [1.807, 2.05) is 12.1 Å². The molecule has 2 heterocycles. The number of thiol groups is 1. The zero-order chi connectivity index (χ0) is 26.9. The number of hydrogen-bond donors (Lipinski definition) is 2. The third-order valence-corrected chi connectivity index (χ3v) is 9.72. The molecule has 3 aromatic rings. The number of piperazine rings is 1. The largest absolute Gasteiger partial charge is 0.369 e. The van der Waals surface area contributed by atoms with Gasteiger partial charge in [-0.3, -0.25) is 19.1 Å². The molecule has 9 nitrogen and oxygen atoms in total. The van der Waals surface area contributed by atoms with E-state index < -0.39 is 15.6 Å². The first kappa shape index (κ1) is 26.9. The van der Waals surface area contributed by atoms with Crippen molar-refractivity contribution < 1.29 is 13.2 Å². The van der Waals surface area contributed by atoms with Crippen molar-refractivity contribution in [3.05, 3.63) is 68.7 Å². The Balaban J connectivity index is 1.27. The first-order chi connectivity index (χ1) is 18.3. The monoisotopic (exact) mass is 577 g/mol. The Hall–Kier alpha value is -2.66. The minimum absolute atomic E-state index is 0.165. The maximum absolute atomic E-state index is 13.2. The number of nitrogens with one attached hydrogen (secondary N) is 1. The molecule has 2 aliphatic rings. The van der Waals surface area contributed by atoms with E-state index in [0.717, 1.165) is 24.1 Å². The number of fused-ring (bicyclic) bond motifs is 1. The third kappa shape index (κ3) is 5.40. The topological polar surface area (TPSA) is 105 Å². The van der Waals surface area contributed by atoms with Crippen LogP contribution in [-0.4, -0.2) is 59.8 Å². The summed E-state index contributed by atoms with van der Waals surface area (Å²) in [6, 6.07) is 10.7. The van der Waals surface area contributed by atoms with Crippen LogP contribution in [-0.2, 0) is 28.6 Å². The van der Waals surface area contributed by atoms with E-state index in [1.165, 1.54) is 10.9 Å². The smallest absolute Gasteiger partial charge is 0.261 e. The maximum Gasteiger partial charge on any atom is 0.261 e. The average molecular weight is 579 g/mol. The molecule has 1 N–H and O–H groups in total. The van der Waals surface area contributed by atoms with Gasteiger partial charge < -0.3 is 10.2 Å². The molecule has 0 spiro atoms. The lowest BCUT2D eigenvalue weighted by molar-refractivity contribution is -0.121. The van der Waals surface area contributed by atoms with E-state index in [9.17, 15) is 18.0 Å². The van der Waals surface area contributed by atoms with Gasteiger partial charge in [0.1, 0.15) is 11.4 Å². The predicted octanol–water partition coefficient (Wildman–Crippen LogP) is 3.02. The molecule has 12 heteroatoms. The number of carbonyl (C=O) groups is 1. The first-order valence-electron chi connectivity index (χ1n) is 12.6. The average Bonchev–Trinajstić information content (AvgIpc) is 3.43. The van der Waals surface area contributed by atoms with Crippen LogP contribution in [0.5, 0.6) is 0 Å². The summed E-state index contributed by atoms with van der Waals surface area (Å²) in [6.07, 6.45) is 4.68. The number of carbonyl (C=O) groups excluding carboxylic acids is 1. The van der Waals surface area contributed by atoms with Gasteiger partial charge in [0.25, 0.3) is 5.56 Å². The zero-order valence-electron chi connectivity index (χ0n) is 20.7. The summed E-state index contributed by atoms with van der Waals surface area (Å²) in [5.41, 5.74) is 1.93. The highest BCUT2D eigenvalue weighted by atomic mass is 35.5. The van der Waals surface area contributed by atoms with Gasteiger partial charge in [-0.15, -0.1) is 0 Å². The van der Waals surface area contributed by atoms with Gasteiger partial charge in [0.15, 0.2) is 10.7 Å². The van der Waals surface area contributed by atoms with E-state index in [0.29, 0.717) is 60.0 Å². The van der Waals surface area contributed by atoms with Gasteiger partial charge in [-0.25, -0.2) is 13.4 Å². The summed E-state index contributed by atoms with van der Waals surface area (Å²) >= 11 is 12.0. The highest BCUT2D eigenvalue weighted by Crippen LogP contribution is 2.37. The van der Waals surface area contributed by atoms with Crippen LogP contribution >= 0.6 is 23.2 Å². The molecule has 0 bridgehead atoms. The lowest BCUT2D eigenvalue weighted by Crippen LogP contribution is -2.56. The molecule has 1 aliphatic heterocycles. The zero-order valence-corrected chi connectivity index (χ0v) is 23.1. The fraction of sp³-hybridized carbons (Fsp3) is 0.423. The number of nitrogens with zero attached hydrogens (tertiary/aromatic N) is 4. The molecule has 1 aromatic heterocycles. The van der Waals surface area contributed by atoms with Crippen molar-refractivity contribution in [3.8, 4) is 0 Å². The van der Waals surface area contributed by atoms with E-state index in [4.69, 9.17) is 23.2 Å². The molecule has 1 saturated heterocycles. The van der Waals surface area contributed by atoms with Gasteiger partial charge in [0.05, 0.1) is 27.3 Å². The predicted molar refractivity (Wildman–Crippen MR) is 150 cm³/mol. The Bertz CT molecular complexity index is 1490. The molecule has 2 fully saturated rings. The van der Waals surface area contributed by atoms with Gasteiger partial charge in [0, 0.05) is 38.4 Å². The normalized spacial score (nSPS) is 17.8. The number of aromatic nitrogens is 2. The van der Waals surface area contributed by atoms with Crippen LogP contribution in [0.3, 0.4) is 0 Å². The number of halogens is 2. The molecule has 202 valence electrons. The second-order valence-electron chi connectivity index (χ2n) is 9.83. The van der Waals surface area contributed by atoms with Gasteiger partial charge in [-0.05, 0) is 48.7 Å². The van der Waals surface area contributed by atoms with Crippen molar-refractivity contribution in [1.29, 1.82) is 0 Å². The number of hydrogen-bond acceptors (Lipinski definition) is 7. The van der Waals surface area contributed by atoms with Crippen molar-refractivity contribution in [2.24, 2.45) is 0 Å². The van der Waals surface area contributed by atoms with Crippen LogP contribution < -0.4 is 15.8 Å². The summed E-state index contributed by atoms with van der Waals surface area (Å²) in [5, 5.41) is 4.06. The molecule has 2 aromatic carbocycles. The lowest BCUT2D eigenvalue weighted by atomic mass is 10.1. The standard InChI is InChI=1S/C26H29Cl2N5O4S/c27-21-5-3-18(13-22(21)28)15-29-24(34)16-32-17-30-23-6-4-19(14-20(23)25(32)35)31-9-11-33(12-10-31)26(38(36)37)7-1-2-8-26/h3-6,13-14,17,38H,1-2,7-12,15-16H2,(H,29,34). The molecule has 38 heavy (non-hydrogen) atoms. The fourth-order valence-electron chi connectivity index (χ4n) is 5.45. The second kappa shape index (κ2) is 11.2. The summed E-state index contributed by atoms with van der Waals surface area (Å²) in [6.45, 7) is 2.73. The summed E-state index contributed by atoms with van der Waals surface area (Å²) in [4.78, 5) is 33.7. The van der Waals surface area contributed by atoms with E-state index in [2.05, 4.69) is 20.1 Å². The molecule has 0 radical (unpaired) electrons. The third-order valence-electron chi connectivity index (χ3n) is 7.57. The number of rotatable bonds is 7. The van der Waals surface area contributed by atoms with Crippen LogP contribution in [0.15, 0.2) is 47.5 Å². The number of benzene rings is 2. The summed E-state index contributed by atoms with van der Waals surface area (Å²) in [5.74, 6) is -0.329. The molecular formula is C26H29Cl2N5O4S. The first-order valence-corrected chi connectivity index (χ1v) is 14.5. The van der Waals surface area contributed by atoms with E-state index in [1.54, 1.807) is 24.3 Å². The Labute approximate surface area is 232 Å². The lowest BCUT2D eigenvalue weighted by Gasteiger charge is -2.43. The highest BCUT2D eigenvalue weighted by molar-refractivity contribution is 7.74. The Morgan fingerprint density at radius 1 is 1.00 bits per heavy atom. The molecule has 1 amide bonds. The van der Waals surface area contributed by atoms with Crippen LogP contribution in [0, 0.1) is 0 Å². The maximum atomic E-state index is 13.2. The van der Waals surface area contributed by atoms with Gasteiger partial charge in [-0.1, -0.05) is 42.1 Å². The highest BCUT2D eigenvalue weighted by Gasteiger charge is 2.43. The SMILES string of the molecule is O=C(Cn1cnc2ccc(N3CCN(C4([SH](=O)=O)CCCC4)CC3)cc2c1=O)NCc1ccc(Cl)c(Cl)c1. The molecule has 1 saturated carbocycles. The van der Waals surface area contributed by atoms with Crippen molar-refractivity contribution >= 4 is 56.4 Å². The van der Waals surface area contributed by atoms with Crippen molar-refractivity contribution in [2.45, 2.75) is 43.6 Å². The molecule has 0 atom stereocenters. The van der Waals surface area contributed by atoms with Crippen LogP contribution in [0.25, 0.3) is 10.9 Å². The van der Waals surface area contributed by atoms with Crippen LogP contribution in [0.2, 0.25) is 10.0 Å². The van der Waals surface area contributed by atoms with Gasteiger partial charge >= 0.3 is 0 Å².